The van der Waals surface area contributed by atoms with E-state index in [-0.39, 0.29) is 18.0 Å². The van der Waals surface area contributed by atoms with Crippen LogP contribution in [0.2, 0.25) is 5.02 Å². The molecular weight excluding hydrogens is 262 g/mol. The predicted octanol–water partition coefficient (Wildman–Crippen LogP) is 2.42. The molecule has 1 aliphatic heterocycles. The number of nitrogens with one attached hydrogen (secondary N) is 1. The Labute approximate surface area is 118 Å². The second-order valence-electron chi connectivity index (χ2n) is 5.77. The summed E-state index contributed by atoms with van der Waals surface area (Å²) in [5.41, 5.74) is 4.34. The normalized spacial score (nSPS) is 20.9. The van der Waals surface area contributed by atoms with Crippen molar-refractivity contribution >= 4 is 23.2 Å². The first-order valence-corrected chi connectivity index (χ1v) is 6.79. The van der Waals surface area contributed by atoms with Crippen LogP contribution >= 0.6 is 11.6 Å². The molecule has 1 heterocycles. The fourth-order valence-corrected chi connectivity index (χ4v) is 3.12. The number of carbonyl (C=O) groups excluding carboxylic acids is 1. The first kappa shape index (κ1) is 14.2. The molecule has 0 bridgehead atoms. The van der Waals surface area contributed by atoms with E-state index in [4.69, 9.17) is 17.4 Å². The zero-order valence-electron chi connectivity index (χ0n) is 11.5. The van der Waals surface area contributed by atoms with Crippen molar-refractivity contribution in [2.75, 3.05) is 11.4 Å². The molecule has 3 N–H and O–H groups in total. The van der Waals surface area contributed by atoms with Crippen LogP contribution < -0.4 is 16.2 Å². The Morgan fingerprint density at radius 1 is 1.58 bits per heavy atom. The zero-order chi connectivity index (χ0) is 14.2. The van der Waals surface area contributed by atoms with Gasteiger partial charge in [0.2, 0.25) is 0 Å². The standard InChI is InChI=1S/C14H20ClN3O/c1-9-7-14(2,3)18(8-13(19)17-16)12-6-10(15)4-5-11(9)12/h4-6,9H,7-8,16H2,1-3H3,(H,17,19). The number of rotatable bonds is 2. The topological polar surface area (TPSA) is 58.4 Å². The van der Waals surface area contributed by atoms with Gasteiger partial charge in [0.25, 0.3) is 5.91 Å². The van der Waals surface area contributed by atoms with Gasteiger partial charge in [-0.05, 0) is 43.9 Å². The molecule has 2 rings (SSSR count). The smallest absolute Gasteiger partial charge is 0.253 e. The van der Waals surface area contributed by atoms with E-state index in [0.29, 0.717) is 10.9 Å². The lowest BCUT2D eigenvalue weighted by molar-refractivity contribution is -0.120. The molecule has 0 spiro atoms. The first-order valence-electron chi connectivity index (χ1n) is 6.41. The molecule has 0 aromatic heterocycles. The van der Waals surface area contributed by atoms with Gasteiger partial charge in [-0.25, -0.2) is 5.84 Å². The van der Waals surface area contributed by atoms with Crippen molar-refractivity contribution in [2.45, 2.75) is 38.6 Å². The van der Waals surface area contributed by atoms with Crippen LogP contribution in [0.15, 0.2) is 18.2 Å². The van der Waals surface area contributed by atoms with Gasteiger partial charge in [0.1, 0.15) is 0 Å². The number of carbonyl (C=O) groups is 1. The van der Waals surface area contributed by atoms with Gasteiger partial charge in [-0.3, -0.25) is 10.2 Å². The maximum absolute atomic E-state index is 11.6. The summed E-state index contributed by atoms with van der Waals surface area (Å²) in [5.74, 6) is 5.45. The van der Waals surface area contributed by atoms with Crippen LogP contribution in [-0.2, 0) is 4.79 Å². The number of hydrazine groups is 1. The van der Waals surface area contributed by atoms with Crippen LogP contribution in [0.5, 0.6) is 0 Å². The van der Waals surface area contributed by atoms with Crippen molar-refractivity contribution in [2.24, 2.45) is 5.84 Å². The van der Waals surface area contributed by atoms with Crippen molar-refractivity contribution in [3.63, 3.8) is 0 Å². The summed E-state index contributed by atoms with van der Waals surface area (Å²) in [5, 5.41) is 0.682. The summed E-state index contributed by atoms with van der Waals surface area (Å²) in [7, 11) is 0. The number of hydrogen-bond acceptors (Lipinski definition) is 3. The lowest BCUT2D eigenvalue weighted by Crippen LogP contribution is -2.53. The number of nitrogens with two attached hydrogens (primary N) is 1. The van der Waals surface area contributed by atoms with E-state index in [9.17, 15) is 4.79 Å². The molecule has 1 atom stereocenters. The molecule has 0 aliphatic carbocycles. The Kier molecular flexibility index (Phi) is 3.74. The molecule has 1 unspecified atom stereocenters. The summed E-state index contributed by atoms with van der Waals surface area (Å²) >= 11 is 6.10. The second-order valence-corrected chi connectivity index (χ2v) is 6.21. The van der Waals surface area contributed by atoms with Gasteiger partial charge in [-0.2, -0.15) is 0 Å². The third kappa shape index (κ3) is 2.69. The molecule has 0 fully saturated rings. The van der Waals surface area contributed by atoms with Crippen molar-refractivity contribution < 1.29 is 4.79 Å². The number of hydrogen-bond donors (Lipinski definition) is 2. The fourth-order valence-electron chi connectivity index (χ4n) is 2.95. The molecule has 1 amide bonds. The molecule has 1 aliphatic rings. The van der Waals surface area contributed by atoms with E-state index >= 15 is 0 Å². The predicted molar refractivity (Wildman–Crippen MR) is 78.2 cm³/mol. The highest BCUT2D eigenvalue weighted by Crippen LogP contribution is 2.43. The lowest BCUT2D eigenvalue weighted by atomic mass is 9.80. The molecule has 0 saturated carbocycles. The third-order valence-electron chi connectivity index (χ3n) is 3.81. The van der Waals surface area contributed by atoms with Crippen LogP contribution in [0.3, 0.4) is 0 Å². The number of nitrogens with zero attached hydrogens (tertiary/aromatic N) is 1. The Bertz CT molecular complexity index is 501. The fraction of sp³-hybridized carbons (Fsp3) is 0.500. The van der Waals surface area contributed by atoms with Gasteiger partial charge in [0.15, 0.2) is 0 Å². The second kappa shape index (κ2) is 5.02. The quantitative estimate of drug-likeness (QED) is 0.497. The molecule has 1 aromatic rings. The maximum Gasteiger partial charge on any atom is 0.253 e. The lowest BCUT2D eigenvalue weighted by Gasteiger charge is -2.47. The largest absolute Gasteiger partial charge is 0.357 e. The summed E-state index contributed by atoms with van der Waals surface area (Å²) in [4.78, 5) is 13.7. The van der Waals surface area contributed by atoms with Gasteiger partial charge in [0, 0.05) is 16.2 Å². The zero-order valence-corrected chi connectivity index (χ0v) is 12.3. The van der Waals surface area contributed by atoms with Crippen molar-refractivity contribution in [3.05, 3.63) is 28.8 Å². The van der Waals surface area contributed by atoms with Gasteiger partial charge in [0.05, 0.1) is 6.54 Å². The number of benzene rings is 1. The van der Waals surface area contributed by atoms with Crippen LogP contribution in [0.1, 0.15) is 38.7 Å². The Morgan fingerprint density at radius 2 is 2.26 bits per heavy atom. The average molecular weight is 282 g/mol. The van der Waals surface area contributed by atoms with Crippen LogP contribution in [0.25, 0.3) is 0 Å². The summed E-state index contributed by atoms with van der Waals surface area (Å²) in [6.45, 7) is 6.71. The minimum absolute atomic E-state index is 0.108. The number of amides is 1. The van der Waals surface area contributed by atoms with Crippen LogP contribution in [0.4, 0.5) is 5.69 Å². The minimum atomic E-state index is -0.200. The Hall–Kier alpha value is -1.26. The van der Waals surface area contributed by atoms with Crippen molar-refractivity contribution in [1.29, 1.82) is 0 Å². The van der Waals surface area contributed by atoms with E-state index in [2.05, 4.69) is 31.1 Å². The van der Waals surface area contributed by atoms with Gasteiger partial charge in [-0.1, -0.05) is 24.6 Å². The molecule has 5 heteroatoms. The number of anilines is 1. The third-order valence-corrected chi connectivity index (χ3v) is 4.05. The summed E-state index contributed by atoms with van der Waals surface area (Å²) in [6.07, 6.45) is 0.986. The Morgan fingerprint density at radius 3 is 2.89 bits per heavy atom. The first-order chi connectivity index (χ1) is 8.85. The molecule has 104 valence electrons. The summed E-state index contributed by atoms with van der Waals surface area (Å²) < 4.78 is 0. The molecule has 0 saturated heterocycles. The van der Waals surface area contributed by atoms with E-state index in [1.54, 1.807) is 0 Å². The number of halogens is 1. The van der Waals surface area contributed by atoms with E-state index in [1.165, 1.54) is 5.56 Å². The van der Waals surface area contributed by atoms with Crippen molar-refractivity contribution in [1.82, 2.24) is 5.43 Å². The average Bonchev–Trinajstić information content (AvgIpc) is 2.33. The minimum Gasteiger partial charge on any atom is -0.357 e. The monoisotopic (exact) mass is 281 g/mol. The number of fused-ring (bicyclic) bond motifs is 1. The van der Waals surface area contributed by atoms with Crippen LogP contribution in [0, 0.1) is 0 Å². The molecular formula is C14H20ClN3O. The van der Waals surface area contributed by atoms with Gasteiger partial charge >= 0.3 is 0 Å². The van der Waals surface area contributed by atoms with E-state index < -0.39 is 0 Å². The van der Waals surface area contributed by atoms with Gasteiger partial charge in [-0.15, -0.1) is 0 Å². The summed E-state index contributed by atoms with van der Waals surface area (Å²) in [6, 6.07) is 5.87. The van der Waals surface area contributed by atoms with Gasteiger partial charge < -0.3 is 4.90 Å². The van der Waals surface area contributed by atoms with Crippen molar-refractivity contribution in [3.8, 4) is 0 Å². The van der Waals surface area contributed by atoms with E-state index in [0.717, 1.165) is 12.1 Å². The molecule has 1 aromatic carbocycles. The molecule has 4 nitrogen and oxygen atoms in total. The highest BCUT2D eigenvalue weighted by atomic mass is 35.5. The molecule has 0 radical (unpaired) electrons. The molecule has 19 heavy (non-hydrogen) atoms. The highest BCUT2D eigenvalue weighted by Gasteiger charge is 2.37. The van der Waals surface area contributed by atoms with E-state index in [1.807, 2.05) is 18.2 Å². The Balaban J connectivity index is 2.47. The SMILES string of the molecule is CC1CC(C)(C)N(CC(=O)NN)c2cc(Cl)ccc21. The van der Waals surface area contributed by atoms with Crippen LogP contribution in [-0.4, -0.2) is 18.0 Å². The highest BCUT2D eigenvalue weighted by molar-refractivity contribution is 6.30. The maximum atomic E-state index is 11.6.